The summed E-state index contributed by atoms with van der Waals surface area (Å²) in [6.45, 7) is 3.74. The van der Waals surface area contributed by atoms with Crippen molar-refractivity contribution in [1.82, 2.24) is 4.90 Å². The van der Waals surface area contributed by atoms with Crippen molar-refractivity contribution in [1.29, 1.82) is 0 Å². The number of ether oxygens (including phenoxy) is 5. The van der Waals surface area contributed by atoms with Crippen molar-refractivity contribution >= 4 is 0 Å². The molecular formula is C43H45NO5. The van der Waals surface area contributed by atoms with Gasteiger partial charge in [0, 0.05) is 13.1 Å². The van der Waals surface area contributed by atoms with Crippen LogP contribution in [0.4, 0.5) is 0 Å². The van der Waals surface area contributed by atoms with Gasteiger partial charge in [-0.1, -0.05) is 152 Å². The number of fused-ring (bicyclic) bond motifs is 1. The summed E-state index contributed by atoms with van der Waals surface area (Å²) in [5.41, 5.74) is 5.72. The fourth-order valence-electron chi connectivity index (χ4n) is 6.98. The zero-order valence-electron chi connectivity index (χ0n) is 27.8. The predicted molar refractivity (Wildman–Crippen MR) is 190 cm³/mol. The van der Waals surface area contributed by atoms with Crippen LogP contribution >= 0.6 is 0 Å². The van der Waals surface area contributed by atoms with E-state index in [-0.39, 0.29) is 36.6 Å². The summed E-state index contributed by atoms with van der Waals surface area (Å²) in [5, 5.41) is 0. The molecule has 0 saturated carbocycles. The van der Waals surface area contributed by atoms with Crippen molar-refractivity contribution in [2.24, 2.45) is 0 Å². The van der Waals surface area contributed by atoms with E-state index in [1.807, 2.05) is 48.5 Å². The highest BCUT2D eigenvalue weighted by atomic mass is 16.6. The van der Waals surface area contributed by atoms with E-state index >= 15 is 0 Å². The first-order valence-electron chi connectivity index (χ1n) is 17.3. The maximum absolute atomic E-state index is 7.10. The number of hydrogen-bond donors (Lipinski definition) is 0. The topological polar surface area (TPSA) is 49.4 Å². The third-order valence-corrected chi connectivity index (χ3v) is 9.40. The van der Waals surface area contributed by atoms with E-state index in [0.717, 1.165) is 28.8 Å². The molecule has 0 bridgehead atoms. The highest BCUT2D eigenvalue weighted by Crippen LogP contribution is 2.38. The molecule has 49 heavy (non-hydrogen) atoms. The molecule has 2 saturated heterocycles. The molecule has 0 spiro atoms. The Morgan fingerprint density at radius 2 is 0.918 bits per heavy atom. The van der Waals surface area contributed by atoms with Gasteiger partial charge >= 0.3 is 0 Å². The number of hydrogen-bond acceptors (Lipinski definition) is 6. The van der Waals surface area contributed by atoms with Crippen LogP contribution in [-0.4, -0.2) is 54.6 Å². The summed E-state index contributed by atoms with van der Waals surface area (Å²) in [4.78, 5) is 2.48. The third kappa shape index (κ3) is 8.91. The van der Waals surface area contributed by atoms with Crippen molar-refractivity contribution < 1.29 is 23.7 Å². The Morgan fingerprint density at radius 3 is 1.43 bits per heavy atom. The van der Waals surface area contributed by atoms with Gasteiger partial charge in [-0.15, -0.1) is 0 Å². The van der Waals surface area contributed by atoms with Crippen molar-refractivity contribution in [3.8, 4) is 0 Å². The SMILES string of the molecule is c1ccc(COC[C@H]2O[C@@H]3[C@H]([C@@H](OCc4ccccc4)[C@H]2OCc2ccccc2)N(Cc2ccccc2)C[C@@H]3OCc2ccccc2)cc1. The van der Waals surface area contributed by atoms with E-state index in [0.29, 0.717) is 39.6 Å². The maximum Gasteiger partial charge on any atom is 0.114 e. The first-order valence-corrected chi connectivity index (χ1v) is 17.3. The van der Waals surface area contributed by atoms with E-state index in [4.69, 9.17) is 23.7 Å². The minimum atomic E-state index is -0.382. The molecule has 252 valence electrons. The van der Waals surface area contributed by atoms with E-state index < -0.39 is 0 Å². The Hall–Kier alpha value is -4.14. The molecule has 0 radical (unpaired) electrons. The van der Waals surface area contributed by atoms with Crippen LogP contribution in [0.1, 0.15) is 27.8 Å². The smallest absolute Gasteiger partial charge is 0.114 e. The number of rotatable bonds is 15. The maximum atomic E-state index is 7.10. The van der Waals surface area contributed by atoms with Crippen LogP contribution in [0.15, 0.2) is 152 Å². The lowest BCUT2D eigenvalue weighted by Crippen LogP contribution is -2.63. The average Bonchev–Trinajstić information content (AvgIpc) is 3.50. The lowest BCUT2D eigenvalue weighted by Gasteiger charge is -2.47. The van der Waals surface area contributed by atoms with Gasteiger partial charge in [0.15, 0.2) is 0 Å². The van der Waals surface area contributed by atoms with Gasteiger partial charge in [-0.25, -0.2) is 0 Å². The van der Waals surface area contributed by atoms with Gasteiger partial charge in [-0.05, 0) is 27.8 Å². The zero-order chi connectivity index (χ0) is 33.1. The van der Waals surface area contributed by atoms with Crippen molar-refractivity contribution in [2.45, 2.75) is 69.5 Å². The normalized spacial score (nSPS) is 23.7. The number of benzene rings is 5. The standard InChI is InChI=1S/C43H45NO5/c1-6-16-33(17-7-1)26-44-27-38(46-29-35-20-10-3-11-21-35)41-40(44)43(48-31-37-24-14-5-15-25-37)42(47-30-36-22-12-4-13-23-36)39(49-41)32-45-28-34-18-8-2-9-19-34/h1-25,38-43H,26-32H2/t38-,39+,40+,41-,42-,43+/m0/s1. The molecule has 0 unspecified atom stereocenters. The Kier molecular flexibility index (Phi) is 11.6. The van der Waals surface area contributed by atoms with Crippen LogP contribution in [0.5, 0.6) is 0 Å². The molecule has 5 aromatic carbocycles. The summed E-state index contributed by atoms with van der Waals surface area (Å²) < 4.78 is 34.1. The molecule has 6 heteroatoms. The minimum Gasteiger partial charge on any atom is -0.374 e. The molecule has 2 heterocycles. The Bertz CT molecular complexity index is 1660. The molecule has 5 aromatic rings. The molecule has 0 aliphatic carbocycles. The lowest BCUT2D eigenvalue weighted by molar-refractivity contribution is -0.247. The van der Waals surface area contributed by atoms with Gasteiger partial charge in [0.25, 0.3) is 0 Å². The van der Waals surface area contributed by atoms with E-state index in [9.17, 15) is 0 Å². The van der Waals surface area contributed by atoms with Crippen LogP contribution in [-0.2, 0) is 56.7 Å². The molecule has 0 aromatic heterocycles. The highest BCUT2D eigenvalue weighted by molar-refractivity contribution is 5.19. The van der Waals surface area contributed by atoms with Crippen molar-refractivity contribution in [3.05, 3.63) is 179 Å². The second-order valence-corrected chi connectivity index (χ2v) is 12.9. The van der Waals surface area contributed by atoms with Crippen LogP contribution < -0.4 is 0 Å². The van der Waals surface area contributed by atoms with Gasteiger partial charge < -0.3 is 23.7 Å². The molecule has 2 aliphatic heterocycles. The monoisotopic (exact) mass is 655 g/mol. The van der Waals surface area contributed by atoms with Crippen LogP contribution in [0.2, 0.25) is 0 Å². The van der Waals surface area contributed by atoms with Gasteiger partial charge in [0.2, 0.25) is 0 Å². The molecule has 2 fully saturated rings. The van der Waals surface area contributed by atoms with E-state index in [1.54, 1.807) is 0 Å². The number of likely N-dealkylation sites (tertiary alicyclic amines) is 1. The largest absolute Gasteiger partial charge is 0.374 e. The van der Waals surface area contributed by atoms with Crippen LogP contribution in [0.3, 0.4) is 0 Å². The quantitative estimate of drug-likeness (QED) is 0.116. The fourth-order valence-corrected chi connectivity index (χ4v) is 6.98. The van der Waals surface area contributed by atoms with Crippen molar-refractivity contribution in [3.63, 3.8) is 0 Å². The lowest BCUT2D eigenvalue weighted by atomic mass is 9.91. The second kappa shape index (κ2) is 17.0. The molecule has 0 amide bonds. The van der Waals surface area contributed by atoms with Crippen molar-refractivity contribution in [2.75, 3.05) is 13.2 Å². The molecule has 7 rings (SSSR count). The molecule has 0 N–H and O–H groups in total. The van der Waals surface area contributed by atoms with E-state index in [2.05, 4.69) is 108 Å². The number of nitrogens with zero attached hydrogens (tertiary/aromatic N) is 1. The molecular weight excluding hydrogens is 610 g/mol. The molecule has 2 aliphatic rings. The minimum absolute atomic E-state index is 0.101. The Balaban J connectivity index is 1.20. The van der Waals surface area contributed by atoms with Gasteiger partial charge in [0.1, 0.15) is 24.4 Å². The predicted octanol–water partition coefficient (Wildman–Crippen LogP) is 7.61. The average molecular weight is 656 g/mol. The third-order valence-electron chi connectivity index (χ3n) is 9.40. The van der Waals surface area contributed by atoms with Gasteiger partial charge in [-0.3, -0.25) is 4.90 Å². The summed E-state index contributed by atoms with van der Waals surface area (Å²) in [6.07, 6.45) is -1.46. The first kappa shape index (κ1) is 33.4. The van der Waals surface area contributed by atoms with Gasteiger partial charge in [0.05, 0.1) is 45.2 Å². The Labute approximate surface area is 290 Å². The first-order chi connectivity index (χ1) is 24.3. The van der Waals surface area contributed by atoms with Crippen LogP contribution in [0, 0.1) is 0 Å². The summed E-state index contributed by atoms with van der Waals surface area (Å²) >= 11 is 0. The second-order valence-electron chi connectivity index (χ2n) is 12.9. The fraction of sp³-hybridized carbons (Fsp3) is 0.302. The highest BCUT2D eigenvalue weighted by Gasteiger charge is 2.56. The summed E-state index contributed by atoms with van der Waals surface area (Å²) in [6, 6.07) is 51.8. The summed E-state index contributed by atoms with van der Waals surface area (Å²) in [5.74, 6) is 0. The molecule has 6 atom stereocenters. The molecule has 6 nitrogen and oxygen atoms in total. The van der Waals surface area contributed by atoms with Crippen LogP contribution in [0.25, 0.3) is 0 Å². The van der Waals surface area contributed by atoms with E-state index in [1.165, 1.54) is 5.56 Å². The summed E-state index contributed by atoms with van der Waals surface area (Å²) in [7, 11) is 0. The zero-order valence-corrected chi connectivity index (χ0v) is 27.8. The van der Waals surface area contributed by atoms with Gasteiger partial charge in [-0.2, -0.15) is 0 Å². The Morgan fingerprint density at radius 1 is 0.490 bits per heavy atom.